The van der Waals surface area contributed by atoms with Crippen LogP contribution in [0.1, 0.15) is 101 Å². The molecule has 28 heavy (non-hydrogen) atoms. The normalized spacial score (nSPS) is 24.6. The van der Waals surface area contributed by atoms with Gasteiger partial charge in [0, 0.05) is 0 Å². The Hall–Kier alpha value is -1.38. The van der Waals surface area contributed by atoms with E-state index in [0.717, 1.165) is 31.6 Å². The molecule has 0 unspecified atom stereocenters. The molecule has 0 radical (unpaired) electrons. The van der Waals surface area contributed by atoms with E-state index in [1.54, 1.807) is 0 Å². The lowest BCUT2D eigenvalue weighted by Gasteiger charge is -2.29. The third kappa shape index (κ3) is 6.32. The summed E-state index contributed by atoms with van der Waals surface area (Å²) in [6, 6.07) is 9.21. The van der Waals surface area contributed by atoms with Gasteiger partial charge in [0.2, 0.25) is 0 Å². The van der Waals surface area contributed by atoms with Crippen molar-refractivity contribution in [3.05, 3.63) is 35.4 Å². The average Bonchev–Trinajstić information content (AvgIpc) is 2.74. The maximum Gasteiger partial charge on any atom is 0.340 e. The minimum absolute atomic E-state index is 0.103. The maximum atomic E-state index is 13.6. The number of ether oxygens (including phenoxy) is 1. The smallest absolute Gasteiger partial charge is 0.340 e. The van der Waals surface area contributed by atoms with E-state index in [9.17, 15) is 9.18 Å². The van der Waals surface area contributed by atoms with Crippen LogP contribution in [0.2, 0.25) is 0 Å². The topological polar surface area (TPSA) is 26.3 Å². The van der Waals surface area contributed by atoms with Gasteiger partial charge in [-0.05, 0) is 67.9 Å². The number of hydrogen-bond acceptors (Lipinski definition) is 2. The first-order chi connectivity index (χ1) is 13.7. The third-order valence-corrected chi connectivity index (χ3v) is 6.77. The summed E-state index contributed by atoms with van der Waals surface area (Å²) < 4.78 is 19.0. The zero-order valence-corrected chi connectivity index (χ0v) is 17.5. The summed E-state index contributed by atoms with van der Waals surface area (Å²) in [6.07, 6.45) is 12.8. The number of rotatable bonds is 8. The molecule has 0 aliphatic heterocycles. The number of halogens is 1. The van der Waals surface area contributed by atoms with Crippen LogP contribution >= 0.6 is 0 Å². The minimum Gasteiger partial charge on any atom is -0.460 e. The molecular weight excluding hydrogens is 351 g/mol. The summed E-state index contributed by atoms with van der Waals surface area (Å²) in [5, 5.41) is 0. The number of aryl methyl sites for hydroxylation is 1. The van der Waals surface area contributed by atoms with Crippen molar-refractivity contribution in [3.8, 4) is 0 Å². The molecule has 2 fully saturated rings. The Morgan fingerprint density at radius 1 is 1.04 bits per heavy atom. The van der Waals surface area contributed by atoms with E-state index in [2.05, 4.69) is 24.3 Å². The second-order valence-corrected chi connectivity index (χ2v) is 8.95. The van der Waals surface area contributed by atoms with Crippen molar-refractivity contribution in [2.45, 2.75) is 109 Å². The Labute approximate surface area is 170 Å². The van der Waals surface area contributed by atoms with E-state index in [-0.39, 0.29) is 12.5 Å². The maximum absolute atomic E-state index is 13.6. The highest BCUT2D eigenvalue weighted by atomic mass is 19.1. The van der Waals surface area contributed by atoms with Gasteiger partial charge in [0.15, 0.2) is 6.17 Å². The summed E-state index contributed by atoms with van der Waals surface area (Å²) in [7, 11) is 0. The van der Waals surface area contributed by atoms with Crippen LogP contribution in [0.4, 0.5) is 4.39 Å². The largest absolute Gasteiger partial charge is 0.460 e. The van der Waals surface area contributed by atoms with Crippen molar-refractivity contribution in [3.63, 3.8) is 0 Å². The Kier molecular flexibility index (Phi) is 8.36. The Morgan fingerprint density at radius 2 is 1.71 bits per heavy atom. The number of benzene rings is 1. The van der Waals surface area contributed by atoms with Gasteiger partial charge in [0.1, 0.15) is 6.10 Å². The molecule has 2 nitrogen and oxygen atoms in total. The molecule has 0 N–H and O–H groups in total. The minimum atomic E-state index is -1.45. The first-order valence-corrected chi connectivity index (χ1v) is 11.6. The SMILES string of the molecule is CCC[C@H](F)C(=O)OC1CCC(c2ccc(CCC3CCCCC3)cc2)CC1. The van der Waals surface area contributed by atoms with Crippen LogP contribution in [-0.4, -0.2) is 18.2 Å². The van der Waals surface area contributed by atoms with E-state index in [0.29, 0.717) is 12.3 Å². The van der Waals surface area contributed by atoms with Crippen molar-refractivity contribution < 1.29 is 13.9 Å². The molecule has 1 aromatic carbocycles. The predicted molar refractivity (Wildman–Crippen MR) is 112 cm³/mol. The van der Waals surface area contributed by atoms with Crippen LogP contribution in [0.3, 0.4) is 0 Å². The van der Waals surface area contributed by atoms with Crippen LogP contribution in [0, 0.1) is 5.92 Å². The van der Waals surface area contributed by atoms with Crippen molar-refractivity contribution in [2.24, 2.45) is 5.92 Å². The molecule has 0 spiro atoms. The molecule has 0 bridgehead atoms. The van der Waals surface area contributed by atoms with E-state index in [4.69, 9.17) is 4.74 Å². The molecule has 2 saturated carbocycles. The second kappa shape index (κ2) is 11.0. The standard InChI is InChI=1S/C25H37FO2/c1-2-6-24(26)25(27)28-23-17-15-22(16-18-23)21-13-11-20(12-14-21)10-9-19-7-4-3-5-8-19/h11-14,19,22-24H,2-10,15-18H2,1H3/t22?,23?,24-/m0/s1. The number of carbonyl (C=O) groups is 1. The third-order valence-electron chi connectivity index (χ3n) is 6.77. The van der Waals surface area contributed by atoms with Crippen LogP contribution in [0.5, 0.6) is 0 Å². The summed E-state index contributed by atoms with van der Waals surface area (Å²) >= 11 is 0. The lowest BCUT2D eigenvalue weighted by Crippen LogP contribution is -2.28. The van der Waals surface area contributed by atoms with Crippen LogP contribution in [-0.2, 0) is 16.0 Å². The molecule has 156 valence electrons. The van der Waals surface area contributed by atoms with E-state index in [1.807, 2.05) is 6.92 Å². The molecule has 3 rings (SSSR count). The first-order valence-electron chi connectivity index (χ1n) is 11.6. The number of alkyl halides is 1. The molecule has 2 aliphatic rings. The first kappa shape index (κ1) is 21.3. The number of esters is 1. The molecule has 3 heteroatoms. The van der Waals surface area contributed by atoms with Crippen LogP contribution in [0.15, 0.2) is 24.3 Å². The average molecular weight is 389 g/mol. The molecule has 0 amide bonds. The van der Waals surface area contributed by atoms with Gasteiger partial charge in [0.25, 0.3) is 0 Å². The van der Waals surface area contributed by atoms with Gasteiger partial charge in [-0.2, -0.15) is 0 Å². The van der Waals surface area contributed by atoms with Crippen molar-refractivity contribution in [1.82, 2.24) is 0 Å². The fraction of sp³-hybridized carbons (Fsp3) is 0.720. The summed E-state index contributed by atoms with van der Waals surface area (Å²) in [4.78, 5) is 11.8. The molecule has 2 aliphatic carbocycles. The molecule has 1 atom stereocenters. The zero-order valence-electron chi connectivity index (χ0n) is 17.5. The van der Waals surface area contributed by atoms with Gasteiger partial charge in [-0.25, -0.2) is 9.18 Å². The molecule has 0 aromatic heterocycles. The molecule has 0 heterocycles. The fourth-order valence-electron chi connectivity index (χ4n) is 4.93. The highest BCUT2D eigenvalue weighted by Gasteiger charge is 2.27. The van der Waals surface area contributed by atoms with Gasteiger partial charge >= 0.3 is 5.97 Å². The van der Waals surface area contributed by atoms with Gasteiger partial charge in [-0.3, -0.25) is 0 Å². The molecule has 1 aromatic rings. The fourth-order valence-corrected chi connectivity index (χ4v) is 4.93. The lowest BCUT2D eigenvalue weighted by atomic mass is 9.82. The van der Waals surface area contributed by atoms with Gasteiger partial charge in [-0.1, -0.05) is 69.7 Å². The highest BCUT2D eigenvalue weighted by Crippen LogP contribution is 2.35. The monoisotopic (exact) mass is 388 g/mol. The summed E-state index contributed by atoms with van der Waals surface area (Å²) in [5.74, 6) is 0.819. The van der Waals surface area contributed by atoms with E-state index in [1.165, 1.54) is 56.1 Å². The van der Waals surface area contributed by atoms with Gasteiger partial charge < -0.3 is 4.74 Å². The van der Waals surface area contributed by atoms with E-state index >= 15 is 0 Å². The van der Waals surface area contributed by atoms with Crippen molar-refractivity contribution in [2.75, 3.05) is 0 Å². The molecular formula is C25H37FO2. The summed E-state index contributed by atoms with van der Waals surface area (Å²) in [6.45, 7) is 1.88. The van der Waals surface area contributed by atoms with Crippen LogP contribution < -0.4 is 0 Å². The van der Waals surface area contributed by atoms with Crippen molar-refractivity contribution >= 4 is 5.97 Å². The second-order valence-electron chi connectivity index (χ2n) is 8.95. The Bertz CT molecular complexity index is 583. The van der Waals surface area contributed by atoms with Crippen LogP contribution in [0.25, 0.3) is 0 Å². The van der Waals surface area contributed by atoms with Gasteiger partial charge in [-0.15, -0.1) is 0 Å². The van der Waals surface area contributed by atoms with Crippen molar-refractivity contribution in [1.29, 1.82) is 0 Å². The highest BCUT2D eigenvalue weighted by molar-refractivity contribution is 5.74. The Balaban J connectivity index is 1.41. The number of hydrogen-bond donors (Lipinski definition) is 0. The predicted octanol–water partition coefficient (Wildman–Crippen LogP) is 6.91. The number of carbonyl (C=O) groups excluding carboxylic acids is 1. The zero-order chi connectivity index (χ0) is 19.8. The molecule has 0 saturated heterocycles. The summed E-state index contributed by atoms with van der Waals surface area (Å²) in [5.41, 5.74) is 2.86. The Morgan fingerprint density at radius 3 is 2.36 bits per heavy atom. The quantitative estimate of drug-likeness (QED) is 0.452. The van der Waals surface area contributed by atoms with E-state index < -0.39 is 12.1 Å². The van der Waals surface area contributed by atoms with Gasteiger partial charge in [0.05, 0.1) is 0 Å². The lowest BCUT2D eigenvalue weighted by molar-refractivity contribution is -0.157.